The number of rotatable bonds is 4. The Morgan fingerprint density at radius 1 is 1.17 bits per heavy atom. The minimum atomic E-state index is -4.40. The summed E-state index contributed by atoms with van der Waals surface area (Å²) in [4.78, 5) is 14.6. The lowest BCUT2D eigenvalue weighted by molar-refractivity contribution is -0.142. The van der Waals surface area contributed by atoms with Crippen molar-refractivity contribution in [2.45, 2.75) is 50.9 Å². The molecule has 3 nitrogen and oxygen atoms in total. The molecule has 3 rings (SSSR count). The molecule has 132 valence electrons. The molecule has 1 saturated heterocycles. The van der Waals surface area contributed by atoms with E-state index in [0.717, 1.165) is 44.7 Å². The summed E-state index contributed by atoms with van der Waals surface area (Å²) in [5.74, 6) is 0.00169. The Morgan fingerprint density at radius 3 is 2.50 bits per heavy atom. The summed E-state index contributed by atoms with van der Waals surface area (Å²) >= 11 is 0. The fraction of sp³-hybridized carbons (Fsp3) is 0.611. The highest BCUT2D eigenvalue weighted by Gasteiger charge is 2.36. The van der Waals surface area contributed by atoms with Gasteiger partial charge in [-0.25, -0.2) is 0 Å². The third kappa shape index (κ3) is 3.74. The zero-order valence-electron chi connectivity index (χ0n) is 13.6. The Labute approximate surface area is 140 Å². The van der Waals surface area contributed by atoms with Crippen molar-refractivity contribution in [3.8, 4) is 0 Å². The van der Waals surface area contributed by atoms with Crippen molar-refractivity contribution in [1.82, 2.24) is 10.2 Å². The molecule has 2 aliphatic rings. The summed E-state index contributed by atoms with van der Waals surface area (Å²) in [5.41, 5.74) is -0.455. The number of alkyl halides is 3. The normalized spacial score (nSPS) is 22.0. The topological polar surface area (TPSA) is 32.3 Å². The van der Waals surface area contributed by atoms with E-state index in [1.165, 1.54) is 12.1 Å². The Balaban J connectivity index is 1.85. The quantitative estimate of drug-likeness (QED) is 0.908. The molecule has 6 heteroatoms. The molecule has 1 aromatic rings. The molecule has 0 aromatic heterocycles. The molecule has 1 aromatic carbocycles. The molecule has 0 spiro atoms. The molecule has 1 amide bonds. The third-order valence-corrected chi connectivity index (χ3v) is 5.13. The van der Waals surface area contributed by atoms with Crippen LogP contribution in [-0.2, 0) is 17.5 Å². The SMILES string of the molecule is O=C(C1CCCC1)N(Cc1ccccc1C(F)(F)F)[C@H]1CCNC1. The smallest absolute Gasteiger partial charge is 0.334 e. The van der Waals surface area contributed by atoms with Crippen molar-refractivity contribution in [3.63, 3.8) is 0 Å². The van der Waals surface area contributed by atoms with Crippen LogP contribution in [-0.4, -0.2) is 29.9 Å². The second kappa shape index (κ2) is 7.13. The maximum atomic E-state index is 13.3. The van der Waals surface area contributed by atoms with Crippen molar-refractivity contribution < 1.29 is 18.0 Å². The zero-order valence-corrected chi connectivity index (χ0v) is 13.6. The monoisotopic (exact) mass is 340 g/mol. The molecule has 1 saturated carbocycles. The van der Waals surface area contributed by atoms with E-state index in [-0.39, 0.29) is 30.0 Å². The van der Waals surface area contributed by atoms with E-state index in [2.05, 4.69) is 5.32 Å². The summed E-state index contributed by atoms with van der Waals surface area (Å²) in [6.45, 7) is 1.50. The van der Waals surface area contributed by atoms with Crippen LogP contribution in [0.25, 0.3) is 0 Å². The molecule has 1 aliphatic heterocycles. The number of hydrogen-bond donors (Lipinski definition) is 1. The first-order valence-electron chi connectivity index (χ1n) is 8.63. The van der Waals surface area contributed by atoms with E-state index in [1.54, 1.807) is 11.0 Å². The van der Waals surface area contributed by atoms with Crippen molar-refractivity contribution in [2.75, 3.05) is 13.1 Å². The summed E-state index contributed by atoms with van der Waals surface area (Å²) in [6, 6.07) is 5.57. The number of benzene rings is 1. The second-order valence-electron chi connectivity index (χ2n) is 6.75. The van der Waals surface area contributed by atoms with Gasteiger partial charge in [0.05, 0.1) is 5.56 Å². The Bertz CT molecular complexity index is 576. The first kappa shape index (κ1) is 17.3. The third-order valence-electron chi connectivity index (χ3n) is 5.13. The van der Waals surface area contributed by atoms with Crippen LogP contribution in [0.3, 0.4) is 0 Å². The number of carbonyl (C=O) groups excluding carboxylic acids is 1. The first-order chi connectivity index (χ1) is 11.5. The number of carbonyl (C=O) groups is 1. The van der Waals surface area contributed by atoms with Gasteiger partial charge in [0.1, 0.15) is 0 Å². The van der Waals surface area contributed by atoms with Gasteiger partial charge in [-0.05, 0) is 37.4 Å². The molecular weight excluding hydrogens is 317 g/mol. The minimum Gasteiger partial charge on any atom is -0.334 e. The first-order valence-corrected chi connectivity index (χ1v) is 8.63. The van der Waals surface area contributed by atoms with Gasteiger partial charge in [-0.15, -0.1) is 0 Å². The number of amides is 1. The van der Waals surface area contributed by atoms with Gasteiger partial charge in [0.2, 0.25) is 5.91 Å². The molecule has 24 heavy (non-hydrogen) atoms. The highest BCUT2D eigenvalue weighted by atomic mass is 19.4. The fourth-order valence-corrected chi connectivity index (χ4v) is 3.82. The lowest BCUT2D eigenvalue weighted by Gasteiger charge is -2.32. The standard InChI is InChI=1S/C18H23F3N2O/c19-18(20,21)16-8-4-3-7-14(16)12-23(15-9-10-22-11-15)17(24)13-5-1-2-6-13/h3-4,7-8,13,15,22H,1-2,5-6,9-12H2/t15-/m0/s1. The predicted octanol–water partition coefficient (Wildman–Crippen LogP) is 3.59. The molecular formula is C18H23F3N2O. The van der Waals surface area contributed by atoms with Crippen LogP contribution in [0, 0.1) is 5.92 Å². The predicted molar refractivity (Wildman–Crippen MR) is 85.2 cm³/mol. The van der Waals surface area contributed by atoms with E-state index in [4.69, 9.17) is 0 Å². The van der Waals surface area contributed by atoms with Crippen LogP contribution in [0.15, 0.2) is 24.3 Å². The average molecular weight is 340 g/mol. The molecule has 0 radical (unpaired) electrons. The van der Waals surface area contributed by atoms with Crippen molar-refractivity contribution in [3.05, 3.63) is 35.4 Å². The molecule has 0 bridgehead atoms. The molecule has 1 atom stereocenters. The van der Waals surface area contributed by atoms with Crippen LogP contribution in [0.5, 0.6) is 0 Å². The van der Waals surface area contributed by atoms with Crippen molar-refractivity contribution in [1.29, 1.82) is 0 Å². The van der Waals surface area contributed by atoms with Gasteiger partial charge in [0.15, 0.2) is 0 Å². The van der Waals surface area contributed by atoms with Crippen LogP contribution >= 0.6 is 0 Å². The molecule has 0 unspecified atom stereocenters. The van der Waals surface area contributed by atoms with Gasteiger partial charge >= 0.3 is 6.18 Å². The zero-order chi connectivity index (χ0) is 17.2. The van der Waals surface area contributed by atoms with Gasteiger partial charge in [-0.1, -0.05) is 31.0 Å². The Hall–Kier alpha value is -1.56. The van der Waals surface area contributed by atoms with E-state index in [9.17, 15) is 18.0 Å². The summed E-state index contributed by atoms with van der Waals surface area (Å²) in [6.07, 6.45) is 0.185. The second-order valence-corrected chi connectivity index (χ2v) is 6.75. The van der Waals surface area contributed by atoms with Gasteiger partial charge in [-0.3, -0.25) is 4.79 Å². The van der Waals surface area contributed by atoms with Gasteiger partial charge < -0.3 is 10.2 Å². The highest BCUT2D eigenvalue weighted by Crippen LogP contribution is 2.34. The highest BCUT2D eigenvalue weighted by molar-refractivity contribution is 5.79. The molecule has 2 fully saturated rings. The average Bonchev–Trinajstić information content (AvgIpc) is 3.24. The van der Waals surface area contributed by atoms with Gasteiger partial charge in [0.25, 0.3) is 0 Å². The maximum Gasteiger partial charge on any atom is 0.416 e. The van der Waals surface area contributed by atoms with Gasteiger partial charge in [0, 0.05) is 25.0 Å². The van der Waals surface area contributed by atoms with E-state index in [0.29, 0.717) is 6.54 Å². The Morgan fingerprint density at radius 2 is 1.88 bits per heavy atom. The van der Waals surface area contributed by atoms with Crippen LogP contribution in [0.1, 0.15) is 43.2 Å². The summed E-state index contributed by atoms with van der Waals surface area (Å²) in [5, 5.41) is 3.21. The van der Waals surface area contributed by atoms with Gasteiger partial charge in [-0.2, -0.15) is 13.2 Å². The molecule has 1 heterocycles. The number of hydrogen-bond acceptors (Lipinski definition) is 2. The number of nitrogens with zero attached hydrogens (tertiary/aromatic N) is 1. The number of nitrogens with one attached hydrogen (secondary N) is 1. The van der Waals surface area contributed by atoms with Crippen LogP contribution in [0.4, 0.5) is 13.2 Å². The maximum absolute atomic E-state index is 13.3. The minimum absolute atomic E-state index is 0.0145. The Kier molecular flexibility index (Phi) is 5.13. The van der Waals surface area contributed by atoms with E-state index < -0.39 is 11.7 Å². The summed E-state index contributed by atoms with van der Waals surface area (Å²) in [7, 11) is 0. The van der Waals surface area contributed by atoms with Crippen molar-refractivity contribution in [2.24, 2.45) is 5.92 Å². The van der Waals surface area contributed by atoms with Crippen molar-refractivity contribution >= 4 is 5.91 Å². The molecule has 1 N–H and O–H groups in total. The largest absolute Gasteiger partial charge is 0.416 e. The van der Waals surface area contributed by atoms with E-state index >= 15 is 0 Å². The van der Waals surface area contributed by atoms with E-state index in [1.807, 2.05) is 0 Å². The molecule has 1 aliphatic carbocycles. The number of halogens is 3. The lowest BCUT2D eigenvalue weighted by atomic mass is 10.0. The lowest BCUT2D eigenvalue weighted by Crippen LogP contribution is -2.44. The summed E-state index contributed by atoms with van der Waals surface area (Å²) < 4.78 is 39.8. The van der Waals surface area contributed by atoms with Crippen LogP contribution < -0.4 is 5.32 Å². The van der Waals surface area contributed by atoms with Crippen LogP contribution in [0.2, 0.25) is 0 Å². The fourth-order valence-electron chi connectivity index (χ4n) is 3.82.